The summed E-state index contributed by atoms with van der Waals surface area (Å²) in [6.07, 6.45) is 0.745. The van der Waals surface area contributed by atoms with Crippen LogP contribution in [0.1, 0.15) is 41.5 Å². The van der Waals surface area contributed by atoms with Gasteiger partial charge in [0.05, 0.1) is 6.10 Å². The molecule has 2 nitrogen and oxygen atoms in total. The van der Waals surface area contributed by atoms with Gasteiger partial charge in [-0.25, -0.2) is 0 Å². The molecule has 0 heterocycles. The van der Waals surface area contributed by atoms with Crippen molar-refractivity contribution in [3.8, 4) is 0 Å². The van der Waals surface area contributed by atoms with Crippen LogP contribution in [0.3, 0.4) is 0 Å². The highest BCUT2D eigenvalue weighted by Gasteiger charge is 1.82. The molecule has 2 N–H and O–H groups in total. The summed E-state index contributed by atoms with van der Waals surface area (Å²) in [4.78, 5) is 0. The van der Waals surface area contributed by atoms with Crippen LogP contribution >= 0.6 is 0 Å². The normalized spacial score (nSPS) is 11.2. The Morgan fingerprint density at radius 3 is 1.36 bits per heavy atom. The summed E-state index contributed by atoms with van der Waals surface area (Å²) in [5.74, 6) is 0.440. The Balaban J connectivity index is -0.000000107. The van der Waals surface area contributed by atoms with Gasteiger partial charge in [-0.2, -0.15) is 0 Å². The van der Waals surface area contributed by atoms with Crippen molar-refractivity contribution in [1.29, 1.82) is 0 Å². The van der Waals surface area contributed by atoms with Gasteiger partial charge in [-0.3, -0.25) is 0 Å². The van der Waals surface area contributed by atoms with Crippen LogP contribution in [-0.2, 0) is 0 Å². The van der Waals surface area contributed by atoms with Crippen molar-refractivity contribution in [3.63, 3.8) is 0 Å². The molecule has 0 aromatic carbocycles. The average Bonchev–Trinajstić information content (AvgIpc) is 1.89. The second kappa shape index (κ2) is 12.6. The van der Waals surface area contributed by atoms with E-state index < -0.39 is 0 Å². The van der Waals surface area contributed by atoms with Crippen LogP contribution in [0.15, 0.2) is 0 Å². The second-order valence-corrected chi connectivity index (χ2v) is 2.83. The maximum Gasteiger partial charge on any atom is 0.0509 e. The van der Waals surface area contributed by atoms with E-state index >= 15 is 0 Å². The third-order valence-electron chi connectivity index (χ3n) is 0.956. The van der Waals surface area contributed by atoms with Crippen molar-refractivity contribution in [2.24, 2.45) is 5.92 Å². The molecular formula is C9H24O2. The summed E-state index contributed by atoms with van der Waals surface area (Å²) in [6, 6.07) is 0. The van der Waals surface area contributed by atoms with Crippen LogP contribution < -0.4 is 0 Å². The Hall–Kier alpha value is -0.0800. The molecule has 0 bridgehead atoms. The first-order valence-corrected chi connectivity index (χ1v) is 3.83. The molecule has 0 radical (unpaired) electrons. The lowest BCUT2D eigenvalue weighted by Gasteiger charge is -1.90. The van der Waals surface area contributed by atoms with Gasteiger partial charge in [0.15, 0.2) is 0 Å². The molecular weight excluding hydrogens is 140 g/mol. The second-order valence-electron chi connectivity index (χ2n) is 2.83. The predicted molar refractivity (Wildman–Crippen MR) is 50.6 cm³/mol. The third-order valence-corrected chi connectivity index (χ3v) is 0.956. The van der Waals surface area contributed by atoms with Crippen LogP contribution in [0.4, 0.5) is 0 Å². The first-order chi connectivity index (χ1) is 4.54. The minimum Gasteiger partial charge on any atom is -0.396 e. The van der Waals surface area contributed by atoms with Gasteiger partial charge in [0.2, 0.25) is 0 Å². The van der Waals surface area contributed by atoms with Crippen molar-refractivity contribution in [2.75, 3.05) is 6.61 Å². The number of hydrogen-bond donors (Lipinski definition) is 2. The molecule has 0 rings (SSSR count). The van der Waals surface area contributed by atoms with E-state index in [-0.39, 0.29) is 13.5 Å². The molecule has 1 atom stereocenters. The Morgan fingerprint density at radius 1 is 1.18 bits per heavy atom. The van der Waals surface area contributed by atoms with E-state index in [9.17, 15) is 0 Å². The minimum atomic E-state index is -0.116. The van der Waals surface area contributed by atoms with Crippen LogP contribution in [0.2, 0.25) is 0 Å². The Bertz CT molecular complexity index is 43.5. The minimum absolute atomic E-state index is 0. The van der Waals surface area contributed by atoms with E-state index in [0.29, 0.717) is 12.5 Å². The van der Waals surface area contributed by atoms with E-state index in [1.807, 2.05) is 20.8 Å². The molecule has 2 heteroatoms. The van der Waals surface area contributed by atoms with Gasteiger partial charge in [0.1, 0.15) is 0 Å². The zero-order valence-electron chi connectivity index (χ0n) is 7.46. The highest BCUT2D eigenvalue weighted by atomic mass is 16.3. The van der Waals surface area contributed by atoms with Crippen molar-refractivity contribution < 1.29 is 10.2 Å². The lowest BCUT2D eigenvalue weighted by atomic mass is 10.2. The van der Waals surface area contributed by atoms with Crippen LogP contribution in [-0.4, -0.2) is 22.9 Å². The fourth-order valence-corrected chi connectivity index (χ4v) is 0. The fourth-order valence-electron chi connectivity index (χ4n) is 0. The molecule has 11 heavy (non-hydrogen) atoms. The number of rotatable bonds is 2. The van der Waals surface area contributed by atoms with E-state index in [0.717, 1.165) is 6.42 Å². The standard InChI is InChI=1S/2C4H10O.CH4/c1-4(2)3-5;1-3-4(2)5;/h2*4-5H,3H2,1-2H3;1H4. The first kappa shape index (κ1) is 17.1. The third kappa shape index (κ3) is 40.5. The first-order valence-electron chi connectivity index (χ1n) is 3.83. The maximum absolute atomic E-state index is 8.36. The monoisotopic (exact) mass is 164 g/mol. The smallest absolute Gasteiger partial charge is 0.0509 e. The van der Waals surface area contributed by atoms with E-state index in [1.165, 1.54) is 0 Å². The highest BCUT2D eigenvalue weighted by Crippen LogP contribution is 1.83. The van der Waals surface area contributed by atoms with Crippen molar-refractivity contribution in [2.45, 2.75) is 47.6 Å². The number of aliphatic hydroxyl groups excluding tert-OH is 2. The highest BCUT2D eigenvalue weighted by molar-refractivity contribution is 4.34. The summed E-state index contributed by atoms with van der Waals surface area (Å²) in [5, 5.41) is 16.5. The molecule has 0 aliphatic heterocycles. The van der Waals surface area contributed by atoms with Gasteiger partial charge in [-0.1, -0.05) is 28.2 Å². The molecule has 0 aromatic heterocycles. The predicted octanol–water partition coefficient (Wildman–Crippen LogP) is 2.05. The quantitative estimate of drug-likeness (QED) is 0.655. The van der Waals surface area contributed by atoms with Gasteiger partial charge in [0, 0.05) is 6.61 Å². The molecule has 72 valence electrons. The summed E-state index contributed by atoms with van der Waals surface area (Å²) in [5.41, 5.74) is 0. The molecule has 0 saturated heterocycles. The summed E-state index contributed by atoms with van der Waals surface area (Å²) in [6.45, 7) is 7.98. The van der Waals surface area contributed by atoms with Gasteiger partial charge in [-0.05, 0) is 19.3 Å². The average molecular weight is 164 g/mol. The van der Waals surface area contributed by atoms with Crippen molar-refractivity contribution in [1.82, 2.24) is 0 Å². The Morgan fingerprint density at radius 2 is 1.36 bits per heavy atom. The molecule has 0 aromatic rings. The molecule has 0 aliphatic rings. The maximum atomic E-state index is 8.36. The SMILES string of the molecule is C.CC(C)CO.CCC(C)O. The van der Waals surface area contributed by atoms with Gasteiger partial charge in [-0.15, -0.1) is 0 Å². The summed E-state index contributed by atoms with van der Waals surface area (Å²) in [7, 11) is 0. The molecule has 0 fully saturated rings. The zero-order valence-corrected chi connectivity index (χ0v) is 7.46. The largest absolute Gasteiger partial charge is 0.396 e. The van der Waals surface area contributed by atoms with Crippen LogP contribution in [0, 0.1) is 5.92 Å². The molecule has 0 saturated carbocycles. The fraction of sp³-hybridized carbons (Fsp3) is 1.00. The molecule has 0 amide bonds. The summed E-state index contributed by atoms with van der Waals surface area (Å²) < 4.78 is 0. The van der Waals surface area contributed by atoms with Gasteiger partial charge < -0.3 is 10.2 Å². The van der Waals surface area contributed by atoms with Crippen LogP contribution in [0.5, 0.6) is 0 Å². The Kier molecular flexibility index (Phi) is 19.6. The van der Waals surface area contributed by atoms with E-state index in [4.69, 9.17) is 10.2 Å². The lowest BCUT2D eigenvalue weighted by Crippen LogP contribution is -1.93. The molecule has 0 spiro atoms. The molecule has 0 aliphatic carbocycles. The Labute approximate surface area is 71.3 Å². The summed E-state index contributed by atoms with van der Waals surface area (Å²) >= 11 is 0. The zero-order chi connectivity index (χ0) is 8.57. The van der Waals surface area contributed by atoms with E-state index in [2.05, 4.69) is 0 Å². The van der Waals surface area contributed by atoms with Crippen molar-refractivity contribution >= 4 is 0 Å². The topological polar surface area (TPSA) is 40.5 Å². The van der Waals surface area contributed by atoms with Gasteiger partial charge in [0.25, 0.3) is 0 Å². The van der Waals surface area contributed by atoms with Crippen LogP contribution in [0.25, 0.3) is 0 Å². The molecule has 1 unspecified atom stereocenters. The lowest BCUT2D eigenvalue weighted by molar-refractivity contribution is 0.191. The van der Waals surface area contributed by atoms with Crippen molar-refractivity contribution in [3.05, 3.63) is 0 Å². The van der Waals surface area contributed by atoms with Gasteiger partial charge >= 0.3 is 0 Å². The van der Waals surface area contributed by atoms with E-state index in [1.54, 1.807) is 6.92 Å². The number of hydrogen-bond acceptors (Lipinski definition) is 2. The number of aliphatic hydroxyl groups is 2.